The van der Waals surface area contributed by atoms with Crippen molar-refractivity contribution in [3.8, 4) is 6.07 Å². The molecule has 11 heteroatoms. The summed E-state index contributed by atoms with van der Waals surface area (Å²) in [6, 6.07) is 16.2. The van der Waals surface area contributed by atoms with E-state index in [0.29, 0.717) is 28.6 Å². The average Bonchev–Trinajstić information content (AvgIpc) is 3.43. The standard InChI is InChI=1S/C27H25FN8OS.C2H6/c1-35-10-12-36(13-11-35)25-15-24(34-26-7-6-20(16-29)38-26)32-23(33-25)14-18-2-4-19(5-3-18)31-27(37)21-17-30-9-8-22(21)28;1-2/h2-9,15,17H,10-14H2,1H3,(H,31,37)(H,32,33,34);1-2H3. The van der Waals surface area contributed by atoms with Crippen LogP contribution in [0.3, 0.4) is 0 Å². The van der Waals surface area contributed by atoms with E-state index in [9.17, 15) is 9.18 Å². The van der Waals surface area contributed by atoms with Crippen LogP contribution in [0.5, 0.6) is 0 Å². The van der Waals surface area contributed by atoms with E-state index in [1.165, 1.54) is 23.7 Å². The van der Waals surface area contributed by atoms with Gasteiger partial charge in [-0.15, -0.1) is 11.3 Å². The maximum absolute atomic E-state index is 13.9. The van der Waals surface area contributed by atoms with E-state index in [1.807, 2.05) is 38.1 Å². The Kier molecular flexibility index (Phi) is 9.72. The maximum atomic E-state index is 13.9. The predicted molar refractivity (Wildman–Crippen MR) is 157 cm³/mol. The Morgan fingerprint density at radius 3 is 2.50 bits per heavy atom. The van der Waals surface area contributed by atoms with Crippen molar-refractivity contribution in [2.75, 3.05) is 48.8 Å². The van der Waals surface area contributed by atoms with Gasteiger partial charge in [0.05, 0.1) is 10.6 Å². The van der Waals surface area contributed by atoms with E-state index >= 15 is 0 Å². The summed E-state index contributed by atoms with van der Waals surface area (Å²) in [7, 11) is 2.11. The summed E-state index contributed by atoms with van der Waals surface area (Å²) in [4.78, 5) is 30.9. The number of carbonyl (C=O) groups excluding carboxylic acids is 1. The van der Waals surface area contributed by atoms with Crippen molar-refractivity contribution in [2.24, 2.45) is 0 Å². The zero-order valence-electron chi connectivity index (χ0n) is 22.7. The molecule has 0 spiro atoms. The Bertz CT molecular complexity index is 1480. The predicted octanol–water partition coefficient (Wildman–Crippen LogP) is 5.31. The first-order valence-electron chi connectivity index (χ1n) is 13.0. The van der Waals surface area contributed by atoms with Gasteiger partial charge in [0.15, 0.2) is 0 Å². The van der Waals surface area contributed by atoms with Gasteiger partial charge in [0.1, 0.15) is 34.2 Å². The smallest absolute Gasteiger partial charge is 0.260 e. The number of nitrogens with one attached hydrogen (secondary N) is 2. The van der Waals surface area contributed by atoms with Gasteiger partial charge in [-0.3, -0.25) is 9.78 Å². The highest BCUT2D eigenvalue weighted by Gasteiger charge is 2.18. The molecule has 1 saturated heterocycles. The van der Waals surface area contributed by atoms with E-state index in [0.717, 1.165) is 48.6 Å². The number of amides is 1. The highest BCUT2D eigenvalue weighted by molar-refractivity contribution is 7.16. The molecule has 0 aliphatic carbocycles. The molecule has 1 fully saturated rings. The van der Waals surface area contributed by atoms with E-state index in [4.69, 9.17) is 15.2 Å². The van der Waals surface area contributed by atoms with Crippen LogP contribution < -0.4 is 15.5 Å². The summed E-state index contributed by atoms with van der Waals surface area (Å²) in [5.74, 6) is 0.982. The Hall–Kier alpha value is -4.40. The first-order chi connectivity index (χ1) is 19.5. The second kappa shape index (κ2) is 13.6. The molecule has 0 unspecified atom stereocenters. The fraction of sp³-hybridized carbons (Fsp3) is 0.276. The van der Waals surface area contributed by atoms with Crippen LogP contribution in [0, 0.1) is 17.1 Å². The quantitative estimate of drug-likeness (QED) is 0.314. The minimum absolute atomic E-state index is 0.113. The van der Waals surface area contributed by atoms with Crippen molar-refractivity contribution >= 4 is 39.6 Å². The van der Waals surface area contributed by atoms with E-state index in [2.05, 4.69) is 38.5 Å². The number of halogens is 1. The molecule has 0 atom stereocenters. The third-order valence-corrected chi connectivity index (χ3v) is 7.05. The molecule has 0 bridgehead atoms. The molecule has 2 N–H and O–H groups in total. The number of pyridine rings is 1. The van der Waals surface area contributed by atoms with Crippen LogP contribution in [-0.4, -0.2) is 59.0 Å². The minimum atomic E-state index is -0.623. The lowest BCUT2D eigenvalue weighted by Gasteiger charge is -2.33. The third kappa shape index (κ3) is 7.37. The first kappa shape index (κ1) is 28.6. The van der Waals surface area contributed by atoms with Crippen molar-refractivity contribution in [1.29, 1.82) is 5.26 Å². The number of likely N-dealkylation sites (N-methyl/N-ethyl adjacent to an activating group) is 1. The molecule has 5 rings (SSSR count). The molecular weight excluding hydrogens is 527 g/mol. The molecule has 1 aromatic carbocycles. The van der Waals surface area contributed by atoms with Gasteiger partial charge in [-0.2, -0.15) is 5.26 Å². The Morgan fingerprint density at radius 1 is 1.07 bits per heavy atom. The average molecular weight is 559 g/mol. The minimum Gasteiger partial charge on any atom is -0.354 e. The fourth-order valence-electron chi connectivity index (χ4n) is 4.05. The Balaban J connectivity index is 0.00000181. The molecule has 3 aromatic heterocycles. The summed E-state index contributed by atoms with van der Waals surface area (Å²) in [5.41, 5.74) is 1.39. The van der Waals surface area contributed by atoms with Crippen LogP contribution in [0.1, 0.15) is 40.5 Å². The number of hydrogen-bond acceptors (Lipinski definition) is 9. The van der Waals surface area contributed by atoms with Crippen molar-refractivity contribution in [3.05, 3.63) is 88.6 Å². The van der Waals surface area contributed by atoms with Crippen LogP contribution in [0.4, 0.5) is 26.7 Å². The number of thiophene rings is 1. The lowest BCUT2D eigenvalue weighted by Crippen LogP contribution is -2.44. The van der Waals surface area contributed by atoms with Crippen LogP contribution in [0.25, 0.3) is 0 Å². The summed E-state index contributed by atoms with van der Waals surface area (Å²) >= 11 is 1.37. The normalized spacial score (nSPS) is 13.1. The van der Waals surface area contributed by atoms with Crippen molar-refractivity contribution in [2.45, 2.75) is 20.3 Å². The van der Waals surface area contributed by atoms with Crippen LogP contribution in [-0.2, 0) is 6.42 Å². The highest BCUT2D eigenvalue weighted by atomic mass is 32.1. The Morgan fingerprint density at radius 2 is 1.82 bits per heavy atom. The summed E-state index contributed by atoms with van der Waals surface area (Å²) in [5, 5.41) is 16.0. The fourth-order valence-corrected chi connectivity index (χ4v) is 4.76. The van der Waals surface area contributed by atoms with Crippen LogP contribution in [0.2, 0.25) is 0 Å². The van der Waals surface area contributed by atoms with Crippen molar-refractivity contribution in [1.82, 2.24) is 19.9 Å². The maximum Gasteiger partial charge on any atom is 0.260 e. The van der Waals surface area contributed by atoms with Gasteiger partial charge < -0.3 is 20.4 Å². The molecule has 1 aliphatic heterocycles. The summed E-state index contributed by atoms with van der Waals surface area (Å²) in [6.07, 6.45) is 2.98. The van der Waals surface area contributed by atoms with Gasteiger partial charge in [-0.25, -0.2) is 14.4 Å². The number of benzene rings is 1. The van der Waals surface area contributed by atoms with Gasteiger partial charge in [0, 0.05) is 56.7 Å². The van der Waals surface area contributed by atoms with Crippen molar-refractivity contribution < 1.29 is 9.18 Å². The largest absolute Gasteiger partial charge is 0.354 e. The topological polar surface area (TPSA) is 110 Å². The monoisotopic (exact) mass is 558 g/mol. The molecule has 4 heterocycles. The zero-order valence-corrected chi connectivity index (χ0v) is 23.5. The number of hydrogen-bond donors (Lipinski definition) is 2. The molecule has 9 nitrogen and oxygen atoms in total. The summed E-state index contributed by atoms with van der Waals surface area (Å²) < 4.78 is 13.9. The van der Waals surface area contributed by atoms with E-state index in [-0.39, 0.29) is 5.56 Å². The second-order valence-electron chi connectivity index (χ2n) is 8.90. The molecule has 0 radical (unpaired) electrons. The number of carbonyl (C=O) groups is 1. The number of nitrogens with zero attached hydrogens (tertiary/aromatic N) is 6. The molecule has 1 aliphatic rings. The molecule has 1 amide bonds. The SMILES string of the molecule is CC.CN1CCN(c2cc(Nc3ccc(C#N)s3)nc(Cc3ccc(NC(=O)c4cnccc4F)cc3)n2)CC1. The van der Waals surface area contributed by atoms with E-state index < -0.39 is 11.7 Å². The van der Waals surface area contributed by atoms with Gasteiger partial charge >= 0.3 is 0 Å². The molecule has 40 heavy (non-hydrogen) atoms. The molecular formula is C29H31FN8OS. The van der Waals surface area contributed by atoms with Gasteiger partial charge in [-0.1, -0.05) is 26.0 Å². The van der Waals surface area contributed by atoms with Crippen LogP contribution in [0.15, 0.2) is 60.9 Å². The van der Waals surface area contributed by atoms with Gasteiger partial charge in [0.2, 0.25) is 0 Å². The second-order valence-corrected chi connectivity index (χ2v) is 9.99. The highest BCUT2D eigenvalue weighted by Crippen LogP contribution is 2.27. The summed E-state index contributed by atoms with van der Waals surface area (Å²) in [6.45, 7) is 7.65. The Labute approximate surface area is 237 Å². The van der Waals surface area contributed by atoms with Crippen molar-refractivity contribution in [3.63, 3.8) is 0 Å². The number of aromatic nitrogens is 3. The van der Waals surface area contributed by atoms with Gasteiger partial charge in [0.25, 0.3) is 5.91 Å². The van der Waals surface area contributed by atoms with E-state index in [1.54, 1.807) is 18.2 Å². The third-order valence-electron chi connectivity index (χ3n) is 6.14. The van der Waals surface area contributed by atoms with Gasteiger partial charge in [-0.05, 0) is 42.9 Å². The number of nitriles is 1. The zero-order chi connectivity index (χ0) is 28.5. The number of anilines is 4. The lowest BCUT2D eigenvalue weighted by atomic mass is 10.1. The lowest BCUT2D eigenvalue weighted by molar-refractivity contribution is 0.102. The number of piperazine rings is 1. The first-order valence-corrected chi connectivity index (χ1v) is 13.9. The number of rotatable bonds is 7. The van der Waals surface area contributed by atoms with Crippen LogP contribution >= 0.6 is 11.3 Å². The molecule has 0 saturated carbocycles. The molecule has 4 aromatic rings. The molecule has 206 valence electrons.